The van der Waals surface area contributed by atoms with Gasteiger partial charge in [0.2, 0.25) is 10.0 Å². The SMILES string of the molecule is Cc1ccc(S(=O)(=O)NCc2ccc(C#N)cc2)cc1C. The summed E-state index contributed by atoms with van der Waals surface area (Å²) in [6, 6.07) is 13.9. The summed E-state index contributed by atoms with van der Waals surface area (Å²) in [6.07, 6.45) is 0. The largest absolute Gasteiger partial charge is 0.240 e. The minimum absolute atomic E-state index is 0.195. The van der Waals surface area contributed by atoms with Crippen molar-refractivity contribution in [1.29, 1.82) is 5.26 Å². The highest BCUT2D eigenvalue weighted by molar-refractivity contribution is 7.89. The van der Waals surface area contributed by atoms with Crippen molar-refractivity contribution in [2.45, 2.75) is 25.3 Å². The van der Waals surface area contributed by atoms with Crippen LogP contribution in [-0.2, 0) is 16.6 Å². The van der Waals surface area contributed by atoms with E-state index in [1.54, 1.807) is 42.5 Å². The molecule has 2 aromatic carbocycles. The average Bonchev–Trinajstić information content (AvgIpc) is 2.48. The zero-order valence-electron chi connectivity index (χ0n) is 11.9. The van der Waals surface area contributed by atoms with Crippen molar-refractivity contribution in [3.63, 3.8) is 0 Å². The number of nitrogens with zero attached hydrogens (tertiary/aromatic N) is 1. The summed E-state index contributed by atoms with van der Waals surface area (Å²) in [5.74, 6) is 0. The van der Waals surface area contributed by atoms with Crippen molar-refractivity contribution in [2.24, 2.45) is 0 Å². The van der Waals surface area contributed by atoms with Crippen LogP contribution >= 0.6 is 0 Å². The molecular weight excluding hydrogens is 284 g/mol. The fourth-order valence-electron chi connectivity index (χ4n) is 1.84. The zero-order chi connectivity index (χ0) is 15.5. The molecule has 0 saturated carbocycles. The van der Waals surface area contributed by atoms with E-state index in [1.807, 2.05) is 19.9 Å². The molecule has 0 heterocycles. The highest BCUT2D eigenvalue weighted by Crippen LogP contribution is 2.15. The molecule has 0 bridgehead atoms. The maximum Gasteiger partial charge on any atom is 0.240 e. The minimum Gasteiger partial charge on any atom is -0.207 e. The van der Waals surface area contributed by atoms with Crippen LogP contribution < -0.4 is 4.72 Å². The van der Waals surface area contributed by atoms with Crippen LogP contribution in [-0.4, -0.2) is 8.42 Å². The van der Waals surface area contributed by atoms with Crippen LogP contribution in [0.15, 0.2) is 47.4 Å². The molecule has 0 amide bonds. The van der Waals surface area contributed by atoms with Crippen LogP contribution in [0.4, 0.5) is 0 Å². The molecule has 0 atom stereocenters. The normalized spacial score (nSPS) is 11.1. The summed E-state index contributed by atoms with van der Waals surface area (Å²) < 4.78 is 27.0. The third-order valence-electron chi connectivity index (χ3n) is 3.34. The van der Waals surface area contributed by atoms with Gasteiger partial charge in [0, 0.05) is 6.54 Å². The van der Waals surface area contributed by atoms with Crippen LogP contribution in [0, 0.1) is 25.2 Å². The molecule has 0 aliphatic rings. The Kier molecular flexibility index (Phi) is 4.41. The Labute approximate surface area is 125 Å². The van der Waals surface area contributed by atoms with Gasteiger partial charge in [-0.05, 0) is 54.8 Å². The van der Waals surface area contributed by atoms with Crippen LogP contribution in [0.5, 0.6) is 0 Å². The summed E-state index contributed by atoms with van der Waals surface area (Å²) >= 11 is 0. The van der Waals surface area contributed by atoms with Gasteiger partial charge in [-0.25, -0.2) is 13.1 Å². The lowest BCUT2D eigenvalue weighted by Crippen LogP contribution is -2.23. The van der Waals surface area contributed by atoms with Crippen molar-refractivity contribution in [2.75, 3.05) is 0 Å². The molecule has 0 unspecified atom stereocenters. The molecule has 0 aromatic heterocycles. The summed E-state index contributed by atoms with van der Waals surface area (Å²) in [5.41, 5.74) is 3.36. The number of hydrogen-bond donors (Lipinski definition) is 1. The highest BCUT2D eigenvalue weighted by Gasteiger charge is 2.14. The van der Waals surface area contributed by atoms with Gasteiger partial charge in [-0.15, -0.1) is 0 Å². The van der Waals surface area contributed by atoms with Gasteiger partial charge in [0.1, 0.15) is 0 Å². The lowest BCUT2D eigenvalue weighted by atomic mass is 10.1. The van der Waals surface area contributed by atoms with Gasteiger partial charge < -0.3 is 0 Å². The second-order valence-electron chi connectivity index (χ2n) is 4.88. The van der Waals surface area contributed by atoms with Crippen molar-refractivity contribution in [3.05, 3.63) is 64.7 Å². The maximum absolute atomic E-state index is 12.2. The maximum atomic E-state index is 12.2. The van der Waals surface area contributed by atoms with Gasteiger partial charge in [-0.1, -0.05) is 18.2 Å². The standard InChI is InChI=1S/C16H16N2O2S/c1-12-3-8-16(9-13(12)2)21(19,20)18-11-15-6-4-14(10-17)5-7-15/h3-9,18H,11H2,1-2H3. The van der Waals surface area contributed by atoms with Crippen LogP contribution in [0.25, 0.3) is 0 Å². The van der Waals surface area contributed by atoms with Gasteiger partial charge in [0.05, 0.1) is 16.5 Å². The summed E-state index contributed by atoms with van der Waals surface area (Å²) in [5, 5.41) is 8.72. The molecule has 1 N–H and O–H groups in total. The Morgan fingerprint density at radius 3 is 2.29 bits per heavy atom. The first-order valence-corrected chi connectivity index (χ1v) is 7.96. The van der Waals surface area contributed by atoms with Crippen LogP contribution in [0.1, 0.15) is 22.3 Å². The van der Waals surface area contributed by atoms with Crippen LogP contribution in [0.2, 0.25) is 0 Å². The molecule has 0 saturated heterocycles. The summed E-state index contributed by atoms with van der Waals surface area (Å²) in [6.45, 7) is 4.02. The molecule has 2 rings (SSSR count). The minimum atomic E-state index is -3.53. The van der Waals surface area contributed by atoms with Crippen molar-refractivity contribution < 1.29 is 8.42 Å². The molecule has 108 valence electrons. The Hall–Kier alpha value is -2.16. The first kappa shape index (κ1) is 15.2. The highest BCUT2D eigenvalue weighted by atomic mass is 32.2. The van der Waals surface area contributed by atoms with E-state index in [0.29, 0.717) is 5.56 Å². The molecule has 0 spiro atoms. The van der Waals surface area contributed by atoms with Gasteiger partial charge in [-0.3, -0.25) is 0 Å². The second kappa shape index (κ2) is 6.08. The monoisotopic (exact) mass is 300 g/mol. The number of nitriles is 1. The lowest BCUT2D eigenvalue weighted by molar-refractivity contribution is 0.581. The molecule has 0 aliphatic heterocycles. The van der Waals surface area contributed by atoms with Gasteiger partial charge in [-0.2, -0.15) is 5.26 Å². The first-order chi connectivity index (χ1) is 9.92. The molecule has 2 aromatic rings. The molecule has 0 fully saturated rings. The Balaban J connectivity index is 2.13. The number of nitrogens with one attached hydrogen (secondary N) is 1. The molecular formula is C16H16N2O2S. The number of benzene rings is 2. The quantitative estimate of drug-likeness (QED) is 0.943. The van der Waals surface area contributed by atoms with E-state index in [2.05, 4.69) is 4.72 Å². The zero-order valence-corrected chi connectivity index (χ0v) is 12.7. The molecule has 4 nitrogen and oxygen atoms in total. The predicted octanol–water partition coefficient (Wildman–Crippen LogP) is 2.65. The van der Waals surface area contributed by atoms with Crippen molar-refractivity contribution >= 4 is 10.0 Å². The number of aryl methyl sites for hydroxylation is 2. The molecule has 21 heavy (non-hydrogen) atoms. The second-order valence-corrected chi connectivity index (χ2v) is 6.65. The van der Waals surface area contributed by atoms with E-state index in [4.69, 9.17) is 5.26 Å². The number of rotatable bonds is 4. The van der Waals surface area contributed by atoms with Gasteiger partial charge in [0.25, 0.3) is 0 Å². The van der Waals surface area contributed by atoms with Crippen LogP contribution in [0.3, 0.4) is 0 Å². The molecule has 0 radical (unpaired) electrons. The molecule has 0 aliphatic carbocycles. The summed E-state index contributed by atoms with van der Waals surface area (Å²) in [7, 11) is -3.53. The Morgan fingerprint density at radius 1 is 1.05 bits per heavy atom. The van der Waals surface area contributed by atoms with E-state index in [9.17, 15) is 8.42 Å². The average molecular weight is 300 g/mol. The Bertz CT molecular complexity index is 788. The van der Waals surface area contributed by atoms with Gasteiger partial charge >= 0.3 is 0 Å². The van der Waals surface area contributed by atoms with E-state index < -0.39 is 10.0 Å². The molecule has 5 heteroatoms. The van der Waals surface area contributed by atoms with Crippen molar-refractivity contribution in [3.8, 4) is 6.07 Å². The fourth-order valence-corrected chi connectivity index (χ4v) is 2.94. The Morgan fingerprint density at radius 2 is 1.71 bits per heavy atom. The predicted molar refractivity (Wildman–Crippen MR) is 81.1 cm³/mol. The van der Waals surface area contributed by atoms with Crippen molar-refractivity contribution in [1.82, 2.24) is 4.72 Å². The van der Waals surface area contributed by atoms with E-state index in [0.717, 1.165) is 16.7 Å². The summed E-state index contributed by atoms with van der Waals surface area (Å²) in [4.78, 5) is 0.263. The third-order valence-corrected chi connectivity index (χ3v) is 4.74. The lowest BCUT2D eigenvalue weighted by Gasteiger charge is -2.09. The number of hydrogen-bond acceptors (Lipinski definition) is 3. The van der Waals surface area contributed by atoms with E-state index in [-0.39, 0.29) is 11.4 Å². The smallest absolute Gasteiger partial charge is 0.207 e. The van der Waals surface area contributed by atoms with E-state index in [1.165, 1.54) is 0 Å². The first-order valence-electron chi connectivity index (χ1n) is 6.48. The number of sulfonamides is 1. The third kappa shape index (κ3) is 3.69. The van der Waals surface area contributed by atoms with E-state index >= 15 is 0 Å². The van der Waals surface area contributed by atoms with Gasteiger partial charge in [0.15, 0.2) is 0 Å². The fraction of sp³-hybridized carbons (Fsp3) is 0.188. The topological polar surface area (TPSA) is 70.0 Å².